The van der Waals surface area contributed by atoms with Crippen LogP contribution in [0.25, 0.3) is 0 Å². The van der Waals surface area contributed by atoms with Gasteiger partial charge in [0.2, 0.25) is 5.91 Å². The first-order chi connectivity index (χ1) is 10.4. The molecule has 0 unspecified atom stereocenters. The molecule has 0 heterocycles. The lowest BCUT2D eigenvalue weighted by molar-refractivity contribution is -0.115. The summed E-state index contributed by atoms with van der Waals surface area (Å²) >= 11 is 11.8. The molecule has 0 atom stereocenters. The Labute approximate surface area is 140 Å². The number of hydrogen-bond acceptors (Lipinski definition) is 2. The van der Waals surface area contributed by atoms with E-state index in [2.05, 4.69) is 28.8 Å². The number of amides is 1. The van der Waals surface area contributed by atoms with Crippen molar-refractivity contribution in [3.63, 3.8) is 0 Å². The summed E-state index contributed by atoms with van der Waals surface area (Å²) < 4.78 is 0. The number of hydrogen-bond donors (Lipinski definition) is 2. The van der Waals surface area contributed by atoms with E-state index in [4.69, 9.17) is 23.2 Å². The summed E-state index contributed by atoms with van der Waals surface area (Å²) in [5.74, 6) is -0.0869. The fourth-order valence-electron chi connectivity index (χ4n) is 2.09. The molecule has 0 aliphatic rings. The Kier molecular flexibility index (Phi) is 5.69. The standard InChI is InChI=1S/C17H18Cl2N2O/c1-11-3-4-12(2)16(7-11)20-6-5-17(22)21-15-9-13(18)8-14(19)10-15/h3-4,7-10,20H,5-6H2,1-2H3,(H,21,22). The molecule has 0 aromatic heterocycles. The predicted molar refractivity (Wildman–Crippen MR) is 94.1 cm³/mol. The van der Waals surface area contributed by atoms with Crippen molar-refractivity contribution in [3.8, 4) is 0 Å². The third-order valence-corrected chi connectivity index (χ3v) is 3.64. The van der Waals surface area contributed by atoms with Crippen molar-refractivity contribution in [2.24, 2.45) is 0 Å². The second-order valence-electron chi connectivity index (χ2n) is 5.20. The highest BCUT2D eigenvalue weighted by atomic mass is 35.5. The molecule has 0 aliphatic carbocycles. The molecule has 0 aliphatic heterocycles. The van der Waals surface area contributed by atoms with Crippen LogP contribution < -0.4 is 10.6 Å². The third kappa shape index (κ3) is 4.93. The summed E-state index contributed by atoms with van der Waals surface area (Å²) in [6.07, 6.45) is 0.359. The minimum absolute atomic E-state index is 0.0869. The number of carbonyl (C=O) groups is 1. The maximum Gasteiger partial charge on any atom is 0.226 e. The first-order valence-electron chi connectivity index (χ1n) is 7.01. The third-order valence-electron chi connectivity index (χ3n) is 3.21. The SMILES string of the molecule is Cc1ccc(C)c(NCCC(=O)Nc2cc(Cl)cc(Cl)c2)c1. The fraction of sp³-hybridized carbons (Fsp3) is 0.235. The molecular weight excluding hydrogens is 319 g/mol. The van der Waals surface area contributed by atoms with Gasteiger partial charge in [-0.3, -0.25) is 4.79 Å². The van der Waals surface area contributed by atoms with Crippen LogP contribution in [0.15, 0.2) is 36.4 Å². The largest absolute Gasteiger partial charge is 0.384 e. The van der Waals surface area contributed by atoms with Gasteiger partial charge >= 0.3 is 0 Å². The summed E-state index contributed by atoms with van der Waals surface area (Å²) in [4.78, 5) is 11.9. The highest BCUT2D eigenvalue weighted by Gasteiger charge is 2.05. The molecule has 2 aromatic carbocycles. The highest BCUT2D eigenvalue weighted by Crippen LogP contribution is 2.22. The maximum atomic E-state index is 11.9. The van der Waals surface area contributed by atoms with Crippen molar-refractivity contribution in [2.75, 3.05) is 17.2 Å². The zero-order valence-electron chi connectivity index (χ0n) is 12.5. The Morgan fingerprint density at radius 2 is 1.73 bits per heavy atom. The number of benzene rings is 2. The van der Waals surface area contributed by atoms with Crippen LogP contribution in [0.1, 0.15) is 17.5 Å². The van der Waals surface area contributed by atoms with E-state index in [-0.39, 0.29) is 5.91 Å². The van der Waals surface area contributed by atoms with E-state index in [1.165, 1.54) is 5.56 Å². The average molecular weight is 337 g/mol. The molecule has 0 saturated heterocycles. The van der Waals surface area contributed by atoms with Crippen LogP contribution in [0.5, 0.6) is 0 Å². The van der Waals surface area contributed by atoms with Crippen molar-refractivity contribution in [1.82, 2.24) is 0 Å². The topological polar surface area (TPSA) is 41.1 Å². The molecule has 0 spiro atoms. The summed E-state index contributed by atoms with van der Waals surface area (Å²) in [5.41, 5.74) is 4.01. The van der Waals surface area contributed by atoms with Gasteiger partial charge in [-0.15, -0.1) is 0 Å². The van der Waals surface area contributed by atoms with Crippen molar-refractivity contribution in [2.45, 2.75) is 20.3 Å². The van der Waals surface area contributed by atoms with Crippen LogP contribution in [0, 0.1) is 13.8 Å². The van der Waals surface area contributed by atoms with E-state index in [1.54, 1.807) is 18.2 Å². The summed E-state index contributed by atoms with van der Waals surface area (Å²) in [7, 11) is 0. The van der Waals surface area contributed by atoms with Gasteiger partial charge in [-0.25, -0.2) is 0 Å². The number of rotatable bonds is 5. The van der Waals surface area contributed by atoms with Gasteiger partial charge in [0.25, 0.3) is 0 Å². The van der Waals surface area contributed by atoms with E-state index in [0.717, 1.165) is 11.3 Å². The van der Waals surface area contributed by atoms with Crippen LogP contribution in [0.2, 0.25) is 10.0 Å². The van der Waals surface area contributed by atoms with Crippen LogP contribution >= 0.6 is 23.2 Å². The predicted octanol–water partition coefficient (Wildman–Crippen LogP) is 5.05. The molecule has 22 heavy (non-hydrogen) atoms. The van der Waals surface area contributed by atoms with Crippen molar-refractivity contribution in [1.29, 1.82) is 0 Å². The van der Waals surface area contributed by atoms with Crippen LogP contribution in [0.4, 0.5) is 11.4 Å². The maximum absolute atomic E-state index is 11.9. The molecule has 0 saturated carbocycles. The van der Waals surface area contributed by atoms with E-state index >= 15 is 0 Å². The van der Waals surface area contributed by atoms with E-state index in [0.29, 0.717) is 28.7 Å². The van der Waals surface area contributed by atoms with E-state index in [1.807, 2.05) is 13.8 Å². The zero-order chi connectivity index (χ0) is 16.1. The molecule has 0 bridgehead atoms. The lowest BCUT2D eigenvalue weighted by atomic mass is 10.1. The number of nitrogens with one attached hydrogen (secondary N) is 2. The molecule has 2 N–H and O–H groups in total. The first-order valence-corrected chi connectivity index (χ1v) is 7.77. The lowest BCUT2D eigenvalue weighted by Crippen LogP contribution is -2.16. The van der Waals surface area contributed by atoms with E-state index in [9.17, 15) is 4.79 Å². The quantitative estimate of drug-likeness (QED) is 0.801. The molecule has 0 radical (unpaired) electrons. The van der Waals surface area contributed by atoms with Crippen molar-refractivity contribution >= 4 is 40.5 Å². The molecule has 3 nitrogen and oxygen atoms in total. The highest BCUT2D eigenvalue weighted by molar-refractivity contribution is 6.35. The van der Waals surface area contributed by atoms with Crippen molar-refractivity contribution < 1.29 is 4.79 Å². The Bertz CT molecular complexity index is 666. The van der Waals surface area contributed by atoms with Gasteiger partial charge in [0, 0.05) is 34.4 Å². The molecule has 5 heteroatoms. The van der Waals surface area contributed by atoms with Crippen LogP contribution in [0.3, 0.4) is 0 Å². The van der Waals surface area contributed by atoms with Gasteiger partial charge < -0.3 is 10.6 Å². The number of carbonyl (C=O) groups excluding carboxylic acids is 1. The van der Waals surface area contributed by atoms with Gasteiger partial charge in [0.1, 0.15) is 0 Å². The molecule has 116 valence electrons. The smallest absolute Gasteiger partial charge is 0.226 e. The summed E-state index contributed by atoms with van der Waals surface area (Å²) in [5, 5.41) is 7.06. The molecular formula is C17H18Cl2N2O. The summed E-state index contributed by atoms with van der Waals surface area (Å²) in [6.45, 7) is 4.64. The summed E-state index contributed by atoms with van der Waals surface area (Å²) in [6, 6.07) is 11.2. The normalized spacial score (nSPS) is 10.4. The minimum Gasteiger partial charge on any atom is -0.384 e. The molecule has 1 amide bonds. The zero-order valence-corrected chi connectivity index (χ0v) is 14.1. The Morgan fingerprint density at radius 3 is 2.41 bits per heavy atom. The Morgan fingerprint density at radius 1 is 1.05 bits per heavy atom. The number of anilines is 2. The number of halogens is 2. The van der Waals surface area contributed by atoms with Crippen LogP contribution in [-0.4, -0.2) is 12.5 Å². The Balaban J connectivity index is 1.86. The second kappa shape index (κ2) is 7.52. The average Bonchev–Trinajstić information content (AvgIpc) is 2.41. The van der Waals surface area contributed by atoms with Crippen molar-refractivity contribution in [3.05, 3.63) is 57.6 Å². The molecule has 2 aromatic rings. The second-order valence-corrected chi connectivity index (χ2v) is 6.07. The first kappa shape index (κ1) is 16.7. The van der Waals surface area contributed by atoms with E-state index < -0.39 is 0 Å². The monoisotopic (exact) mass is 336 g/mol. The van der Waals surface area contributed by atoms with Gasteiger partial charge in [0.05, 0.1) is 0 Å². The Hall–Kier alpha value is -1.71. The lowest BCUT2D eigenvalue weighted by Gasteiger charge is -2.11. The molecule has 0 fully saturated rings. The number of aryl methyl sites for hydroxylation is 2. The van der Waals surface area contributed by atoms with Gasteiger partial charge in [-0.2, -0.15) is 0 Å². The van der Waals surface area contributed by atoms with Gasteiger partial charge in [-0.05, 0) is 49.2 Å². The molecule has 2 rings (SSSR count). The van der Waals surface area contributed by atoms with Gasteiger partial charge in [-0.1, -0.05) is 35.3 Å². The fourth-order valence-corrected chi connectivity index (χ4v) is 2.61. The minimum atomic E-state index is -0.0869. The van der Waals surface area contributed by atoms with Gasteiger partial charge in [0.15, 0.2) is 0 Å². The van der Waals surface area contributed by atoms with Crippen LogP contribution in [-0.2, 0) is 4.79 Å².